The van der Waals surface area contributed by atoms with Gasteiger partial charge >= 0.3 is 11.8 Å². The second-order valence-electron chi connectivity index (χ2n) is 4.97. The largest absolute Gasteiger partial charge is 0.399 e. The van der Waals surface area contributed by atoms with Gasteiger partial charge in [0.1, 0.15) is 0 Å². The summed E-state index contributed by atoms with van der Waals surface area (Å²) in [5, 5.41) is 5.29. The SMILES string of the molecule is Cc1ccc(NC(=O)C(=O)Nc2ccc(N)cc2Cl)c(C)c1. The van der Waals surface area contributed by atoms with Crippen molar-refractivity contribution in [3.05, 3.63) is 52.5 Å². The number of halogens is 1. The number of anilines is 3. The van der Waals surface area contributed by atoms with Crippen molar-refractivity contribution >= 4 is 40.5 Å². The Kier molecular flexibility index (Phi) is 4.68. The molecular formula is C16H16ClN3O2. The van der Waals surface area contributed by atoms with Crippen LogP contribution in [0.3, 0.4) is 0 Å². The number of carbonyl (C=O) groups excluding carboxylic acids is 2. The third kappa shape index (κ3) is 3.77. The van der Waals surface area contributed by atoms with E-state index in [0.29, 0.717) is 17.1 Å². The average Bonchev–Trinajstić information content (AvgIpc) is 2.44. The topological polar surface area (TPSA) is 84.2 Å². The van der Waals surface area contributed by atoms with Gasteiger partial charge in [-0.2, -0.15) is 0 Å². The van der Waals surface area contributed by atoms with Crippen molar-refractivity contribution < 1.29 is 9.59 Å². The van der Waals surface area contributed by atoms with E-state index in [1.165, 1.54) is 6.07 Å². The molecule has 4 N–H and O–H groups in total. The van der Waals surface area contributed by atoms with Crippen LogP contribution in [0.2, 0.25) is 5.02 Å². The molecule has 0 heterocycles. The smallest absolute Gasteiger partial charge is 0.314 e. The standard InChI is InChI=1S/C16H16ClN3O2/c1-9-3-5-13(10(2)7-9)19-15(21)16(22)20-14-6-4-11(18)8-12(14)17/h3-8H,18H2,1-2H3,(H,19,21)(H,20,22). The summed E-state index contributed by atoms with van der Waals surface area (Å²) < 4.78 is 0. The highest BCUT2D eigenvalue weighted by atomic mass is 35.5. The highest BCUT2D eigenvalue weighted by Gasteiger charge is 2.16. The summed E-state index contributed by atoms with van der Waals surface area (Å²) in [5.74, 6) is -1.56. The molecule has 0 fully saturated rings. The molecule has 0 radical (unpaired) electrons. The molecule has 22 heavy (non-hydrogen) atoms. The molecule has 0 bridgehead atoms. The molecule has 114 valence electrons. The summed E-state index contributed by atoms with van der Waals surface area (Å²) in [6.07, 6.45) is 0. The maximum atomic E-state index is 11.9. The molecule has 0 saturated carbocycles. The molecule has 2 rings (SSSR count). The van der Waals surface area contributed by atoms with E-state index in [2.05, 4.69) is 10.6 Å². The van der Waals surface area contributed by atoms with Gasteiger partial charge < -0.3 is 16.4 Å². The third-order valence-corrected chi connectivity index (χ3v) is 3.39. The van der Waals surface area contributed by atoms with E-state index in [4.69, 9.17) is 17.3 Å². The highest BCUT2D eigenvalue weighted by molar-refractivity contribution is 6.44. The van der Waals surface area contributed by atoms with Gasteiger partial charge in [0, 0.05) is 11.4 Å². The Morgan fingerprint density at radius 3 is 2.14 bits per heavy atom. The van der Waals surface area contributed by atoms with Gasteiger partial charge in [0.2, 0.25) is 0 Å². The van der Waals surface area contributed by atoms with Crippen LogP contribution < -0.4 is 16.4 Å². The maximum Gasteiger partial charge on any atom is 0.314 e. The molecule has 2 aromatic carbocycles. The lowest BCUT2D eigenvalue weighted by Gasteiger charge is -2.10. The summed E-state index contributed by atoms with van der Waals surface area (Å²) in [5.41, 5.74) is 8.93. The van der Waals surface area contributed by atoms with Gasteiger partial charge in [-0.15, -0.1) is 0 Å². The molecule has 0 unspecified atom stereocenters. The molecule has 2 amide bonds. The second kappa shape index (κ2) is 6.49. The first-order valence-corrected chi connectivity index (χ1v) is 6.99. The van der Waals surface area contributed by atoms with Crippen LogP contribution in [0, 0.1) is 13.8 Å². The lowest BCUT2D eigenvalue weighted by atomic mass is 10.1. The average molecular weight is 318 g/mol. The van der Waals surface area contributed by atoms with E-state index in [0.717, 1.165) is 11.1 Å². The van der Waals surface area contributed by atoms with Gasteiger partial charge in [0.15, 0.2) is 0 Å². The fraction of sp³-hybridized carbons (Fsp3) is 0.125. The first-order valence-electron chi connectivity index (χ1n) is 6.61. The third-order valence-electron chi connectivity index (χ3n) is 3.08. The number of carbonyl (C=O) groups is 2. The summed E-state index contributed by atoms with van der Waals surface area (Å²) >= 11 is 5.95. The van der Waals surface area contributed by atoms with Crippen LogP contribution in [-0.4, -0.2) is 11.8 Å². The molecule has 0 aromatic heterocycles. The van der Waals surface area contributed by atoms with Gasteiger partial charge in [0.05, 0.1) is 10.7 Å². The molecule has 5 nitrogen and oxygen atoms in total. The molecule has 6 heteroatoms. The molecule has 0 aliphatic heterocycles. The number of benzene rings is 2. The van der Waals surface area contributed by atoms with Crippen LogP contribution in [0.5, 0.6) is 0 Å². The van der Waals surface area contributed by atoms with Crippen LogP contribution in [0.25, 0.3) is 0 Å². The normalized spacial score (nSPS) is 10.1. The number of aryl methyl sites for hydroxylation is 2. The first-order chi connectivity index (χ1) is 10.4. The zero-order valence-corrected chi connectivity index (χ0v) is 13.0. The Morgan fingerprint density at radius 1 is 0.955 bits per heavy atom. The Hall–Kier alpha value is -2.53. The van der Waals surface area contributed by atoms with Crippen LogP contribution in [-0.2, 0) is 9.59 Å². The van der Waals surface area contributed by atoms with Crippen LogP contribution >= 0.6 is 11.6 Å². The number of rotatable bonds is 2. The van der Waals surface area contributed by atoms with Crippen LogP contribution in [0.4, 0.5) is 17.1 Å². The zero-order chi connectivity index (χ0) is 16.3. The fourth-order valence-corrected chi connectivity index (χ4v) is 2.18. The van der Waals surface area contributed by atoms with Crippen molar-refractivity contribution in [1.29, 1.82) is 0 Å². The van der Waals surface area contributed by atoms with Gasteiger partial charge in [-0.1, -0.05) is 29.3 Å². The van der Waals surface area contributed by atoms with Gasteiger partial charge in [0.25, 0.3) is 0 Å². The predicted molar refractivity (Wildman–Crippen MR) is 89.0 cm³/mol. The van der Waals surface area contributed by atoms with Crippen molar-refractivity contribution in [3.8, 4) is 0 Å². The minimum absolute atomic E-state index is 0.271. The summed E-state index contributed by atoms with van der Waals surface area (Å²) in [7, 11) is 0. The van der Waals surface area contributed by atoms with Gasteiger partial charge in [-0.3, -0.25) is 9.59 Å². The minimum atomic E-state index is -0.799. The summed E-state index contributed by atoms with van der Waals surface area (Å²) in [4.78, 5) is 23.9. The second-order valence-corrected chi connectivity index (χ2v) is 5.37. The van der Waals surface area contributed by atoms with Crippen molar-refractivity contribution in [1.82, 2.24) is 0 Å². The van der Waals surface area contributed by atoms with Crippen molar-refractivity contribution in [3.63, 3.8) is 0 Å². The molecular weight excluding hydrogens is 302 g/mol. The van der Waals surface area contributed by atoms with E-state index in [9.17, 15) is 9.59 Å². The molecule has 2 aromatic rings. The number of hydrogen-bond donors (Lipinski definition) is 3. The van der Waals surface area contributed by atoms with Crippen molar-refractivity contribution in [2.24, 2.45) is 0 Å². The fourth-order valence-electron chi connectivity index (χ4n) is 1.94. The Bertz CT molecular complexity index is 681. The number of nitrogen functional groups attached to an aromatic ring is 1. The molecule has 0 aliphatic rings. The van der Waals surface area contributed by atoms with Crippen molar-refractivity contribution in [2.75, 3.05) is 16.4 Å². The summed E-state index contributed by atoms with van der Waals surface area (Å²) in [6, 6.07) is 10.2. The number of nitrogens with two attached hydrogens (primary N) is 1. The van der Waals surface area contributed by atoms with Gasteiger partial charge in [-0.05, 0) is 43.7 Å². The van der Waals surface area contributed by atoms with E-state index in [1.807, 2.05) is 26.0 Å². The van der Waals surface area contributed by atoms with Gasteiger partial charge in [-0.25, -0.2) is 0 Å². The molecule has 0 atom stereocenters. The molecule has 0 spiro atoms. The number of hydrogen-bond acceptors (Lipinski definition) is 3. The molecule has 0 aliphatic carbocycles. The van der Waals surface area contributed by atoms with E-state index in [1.54, 1.807) is 18.2 Å². The molecule has 0 saturated heterocycles. The monoisotopic (exact) mass is 317 g/mol. The van der Waals surface area contributed by atoms with Crippen LogP contribution in [0.15, 0.2) is 36.4 Å². The van der Waals surface area contributed by atoms with Crippen molar-refractivity contribution in [2.45, 2.75) is 13.8 Å². The Morgan fingerprint density at radius 2 is 1.55 bits per heavy atom. The summed E-state index contributed by atoms with van der Waals surface area (Å²) in [6.45, 7) is 3.81. The van der Waals surface area contributed by atoms with E-state index >= 15 is 0 Å². The number of nitrogens with one attached hydrogen (secondary N) is 2. The van der Waals surface area contributed by atoms with E-state index in [-0.39, 0.29) is 5.02 Å². The van der Waals surface area contributed by atoms with Crippen LogP contribution in [0.1, 0.15) is 11.1 Å². The first kappa shape index (κ1) is 15.9. The Labute approximate surface area is 133 Å². The lowest BCUT2D eigenvalue weighted by Crippen LogP contribution is -2.29. The maximum absolute atomic E-state index is 11.9. The quantitative estimate of drug-likeness (QED) is 0.587. The Balaban J connectivity index is 2.07. The predicted octanol–water partition coefficient (Wildman–Crippen LogP) is 3.12. The number of amides is 2. The van der Waals surface area contributed by atoms with E-state index < -0.39 is 11.8 Å². The lowest BCUT2D eigenvalue weighted by molar-refractivity contribution is -0.133. The minimum Gasteiger partial charge on any atom is -0.399 e. The highest BCUT2D eigenvalue weighted by Crippen LogP contribution is 2.24. The zero-order valence-electron chi connectivity index (χ0n) is 12.2.